The van der Waals surface area contributed by atoms with E-state index in [0.29, 0.717) is 32.3 Å². The summed E-state index contributed by atoms with van der Waals surface area (Å²) in [6, 6.07) is 0. The highest BCUT2D eigenvalue weighted by atomic mass is 16.5. The zero-order valence-corrected chi connectivity index (χ0v) is 14.2. The van der Waals surface area contributed by atoms with Gasteiger partial charge >= 0.3 is 5.97 Å². The first-order chi connectivity index (χ1) is 10.1. The maximum Gasteiger partial charge on any atom is 0.302 e. The number of rotatable bonds is 12. The van der Waals surface area contributed by atoms with E-state index in [-0.39, 0.29) is 12.6 Å². The van der Waals surface area contributed by atoms with Gasteiger partial charge in [-0.15, -0.1) is 0 Å². The molecule has 0 amide bonds. The molecule has 0 heterocycles. The highest BCUT2D eigenvalue weighted by Crippen LogP contribution is 2.12. The standard InChI is InChI=1S/C10H20O2.C6H14O3/c1-4-6-7-10(5-2)8-12-9(3)11;1-2-8-5-6-9-4-3-7/h10H,4-8H2,1-3H3;7H,2-6H2,1H3. The predicted octanol–water partition coefficient (Wildman–Crippen LogP) is 2.80. The number of aliphatic hydroxyl groups is 1. The molecule has 5 heteroatoms. The molecule has 0 aliphatic heterocycles. The summed E-state index contributed by atoms with van der Waals surface area (Å²) in [6.45, 7) is 10.7. The molecule has 128 valence electrons. The Bertz CT molecular complexity index is 203. The van der Waals surface area contributed by atoms with Gasteiger partial charge in [0.1, 0.15) is 0 Å². The van der Waals surface area contributed by atoms with Crippen molar-refractivity contribution in [2.24, 2.45) is 5.92 Å². The molecule has 0 aliphatic carbocycles. The molecule has 1 unspecified atom stereocenters. The number of aliphatic hydroxyl groups excluding tert-OH is 1. The molecule has 1 atom stereocenters. The first kappa shape index (κ1) is 22.6. The second kappa shape index (κ2) is 19.4. The summed E-state index contributed by atoms with van der Waals surface area (Å²) in [5, 5.41) is 8.26. The van der Waals surface area contributed by atoms with Crippen LogP contribution in [0.5, 0.6) is 0 Å². The van der Waals surface area contributed by atoms with E-state index in [4.69, 9.17) is 19.3 Å². The van der Waals surface area contributed by atoms with Crippen molar-refractivity contribution in [3.05, 3.63) is 0 Å². The molecule has 0 bridgehead atoms. The lowest BCUT2D eigenvalue weighted by Gasteiger charge is -2.13. The average Bonchev–Trinajstić information content (AvgIpc) is 2.48. The van der Waals surface area contributed by atoms with Crippen LogP contribution in [0.3, 0.4) is 0 Å². The van der Waals surface area contributed by atoms with Gasteiger partial charge in [0.05, 0.1) is 33.0 Å². The monoisotopic (exact) mass is 306 g/mol. The van der Waals surface area contributed by atoms with Crippen LogP contribution < -0.4 is 0 Å². The molecule has 0 rings (SSSR count). The summed E-state index contributed by atoms with van der Waals surface area (Å²) >= 11 is 0. The Balaban J connectivity index is 0. The van der Waals surface area contributed by atoms with Gasteiger partial charge in [-0.25, -0.2) is 0 Å². The number of carbonyl (C=O) groups excluding carboxylic acids is 1. The lowest BCUT2D eigenvalue weighted by atomic mass is 10.0. The van der Waals surface area contributed by atoms with Crippen LogP contribution in [0.4, 0.5) is 0 Å². The Morgan fingerprint density at radius 3 is 2.24 bits per heavy atom. The van der Waals surface area contributed by atoms with Crippen LogP contribution in [0.1, 0.15) is 53.4 Å². The summed E-state index contributed by atoms with van der Waals surface area (Å²) in [6.07, 6.45) is 4.74. The zero-order chi connectivity index (χ0) is 16.3. The Labute approximate surface area is 130 Å². The highest BCUT2D eigenvalue weighted by molar-refractivity contribution is 5.65. The van der Waals surface area contributed by atoms with Crippen molar-refractivity contribution in [1.29, 1.82) is 0 Å². The third kappa shape index (κ3) is 21.8. The van der Waals surface area contributed by atoms with Crippen molar-refractivity contribution in [2.45, 2.75) is 53.4 Å². The fraction of sp³-hybridized carbons (Fsp3) is 0.938. The second-order valence-corrected chi connectivity index (χ2v) is 4.75. The topological polar surface area (TPSA) is 65.0 Å². The van der Waals surface area contributed by atoms with Gasteiger partial charge in [-0.3, -0.25) is 4.79 Å². The van der Waals surface area contributed by atoms with Gasteiger partial charge in [-0.1, -0.05) is 33.1 Å². The smallest absolute Gasteiger partial charge is 0.302 e. The van der Waals surface area contributed by atoms with Crippen LogP contribution in [0, 0.1) is 5.92 Å². The largest absolute Gasteiger partial charge is 0.466 e. The van der Waals surface area contributed by atoms with Crippen LogP contribution in [-0.2, 0) is 19.0 Å². The molecule has 0 fully saturated rings. The summed E-state index contributed by atoms with van der Waals surface area (Å²) < 4.78 is 14.8. The van der Waals surface area contributed by atoms with E-state index in [1.165, 1.54) is 26.2 Å². The molecular weight excluding hydrogens is 272 g/mol. The third-order valence-corrected chi connectivity index (χ3v) is 2.88. The van der Waals surface area contributed by atoms with E-state index in [1.54, 1.807) is 0 Å². The van der Waals surface area contributed by atoms with E-state index in [0.717, 1.165) is 13.0 Å². The van der Waals surface area contributed by atoms with Gasteiger partial charge < -0.3 is 19.3 Å². The number of carbonyl (C=O) groups is 1. The number of hydrogen-bond acceptors (Lipinski definition) is 5. The van der Waals surface area contributed by atoms with E-state index in [9.17, 15) is 4.79 Å². The molecule has 0 aliphatic rings. The summed E-state index contributed by atoms with van der Waals surface area (Å²) in [5.74, 6) is 0.402. The fourth-order valence-corrected chi connectivity index (χ4v) is 1.56. The van der Waals surface area contributed by atoms with Gasteiger partial charge in [0, 0.05) is 13.5 Å². The van der Waals surface area contributed by atoms with Gasteiger partial charge in [-0.2, -0.15) is 0 Å². The van der Waals surface area contributed by atoms with E-state index >= 15 is 0 Å². The molecule has 0 saturated heterocycles. The van der Waals surface area contributed by atoms with Crippen LogP contribution in [-0.4, -0.2) is 50.7 Å². The van der Waals surface area contributed by atoms with Crippen molar-refractivity contribution in [3.8, 4) is 0 Å². The maximum atomic E-state index is 10.5. The van der Waals surface area contributed by atoms with Gasteiger partial charge in [0.25, 0.3) is 0 Å². The molecule has 0 aromatic carbocycles. The first-order valence-corrected chi connectivity index (χ1v) is 8.01. The normalized spacial score (nSPS) is 11.5. The predicted molar refractivity (Wildman–Crippen MR) is 84.3 cm³/mol. The van der Waals surface area contributed by atoms with Crippen molar-refractivity contribution < 1.29 is 24.1 Å². The van der Waals surface area contributed by atoms with Crippen LogP contribution >= 0.6 is 0 Å². The second-order valence-electron chi connectivity index (χ2n) is 4.75. The lowest BCUT2D eigenvalue weighted by Crippen LogP contribution is -2.11. The molecule has 0 aromatic heterocycles. The van der Waals surface area contributed by atoms with Gasteiger partial charge in [0.2, 0.25) is 0 Å². The number of hydrogen-bond donors (Lipinski definition) is 1. The quantitative estimate of drug-likeness (QED) is 0.444. The minimum Gasteiger partial charge on any atom is -0.466 e. The zero-order valence-electron chi connectivity index (χ0n) is 14.2. The lowest BCUT2D eigenvalue weighted by molar-refractivity contribution is -0.142. The first-order valence-electron chi connectivity index (χ1n) is 8.01. The number of unbranched alkanes of at least 4 members (excludes halogenated alkanes) is 1. The molecule has 21 heavy (non-hydrogen) atoms. The molecule has 1 N–H and O–H groups in total. The van der Waals surface area contributed by atoms with Gasteiger partial charge in [0.15, 0.2) is 0 Å². The Hall–Kier alpha value is -0.650. The van der Waals surface area contributed by atoms with Crippen LogP contribution in [0.2, 0.25) is 0 Å². The summed E-state index contributed by atoms with van der Waals surface area (Å²) in [4.78, 5) is 10.5. The van der Waals surface area contributed by atoms with Crippen molar-refractivity contribution in [2.75, 3.05) is 39.6 Å². The Morgan fingerprint density at radius 1 is 1.10 bits per heavy atom. The van der Waals surface area contributed by atoms with E-state index in [2.05, 4.69) is 13.8 Å². The van der Waals surface area contributed by atoms with E-state index < -0.39 is 0 Å². The molecule has 5 nitrogen and oxygen atoms in total. The average molecular weight is 306 g/mol. The molecular formula is C16H34O5. The highest BCUT2D eigenvalue weighted by Gasteiger charge is 2.06. The summed E-state index contributed by atoms with van der Waals surface area (Å²) in [5.41, 5.74) is 0. The van der Waals surface area contributed by atoms with Crippen LogP contribution in [0.15, 0.2) is 0 Å². The molecule has 0 aromatic rings. The summed E-state index contributed by atoms with van der Waals surface area (Å²) in [7, 11) is 0. The molecule has 0 spiro atoms. The van der Waals surface area contributed by atoms with Crippen molar-refractivity contribution in [1.82, 2.24) is 0 Å². The molecule has 0 radical (unpaired) electrons. The minimum absolute atomic E-state index is 0.0894. The van der Waals surface area contributed by atoms with Crippen LogP contribution in [0.25, 0.3) is 0 Å². The minimum atomic E-state index is -0.162. The van der Waals surface area contributed by atoms with Crippen molar-refractivity contribution >= 4 is 5.97 Å². The number of esters is 1. The van der Waals surface area contributed by atoms with Gasteiger partial charge in [-0.05, 0) is 19.3 Å². The third-order valence-electron chi connectivity index (χ3n) is 2.88. The Morgan fingerprint density at radius 2 is 1.76 bits per heavy atom. The molecule has 0 saturated carbocycles. The Kier molecular flexibility index (Phi) is 20.9. The van der Waals surface area contributed by atoms with Crippen molar-refractivity contribution in [3.63, 3.8) is 0 Å². The SMILES string of the molecule is CCCCC(CC)COC(C)=O.CCOCCOCCO. The number of ether oxygens (including phenoxy) is 3. The fourth-order valence-electron chi connectivity index (χ4n) is 1.56. The van der Waals surface area contributed by atoms with E-state index in [1.807, 2.05) is 6.92 Å². The maximum absolute atomic E-state index is 10.5.